The van der Waals surface area contributed by atoms with E-state index in [9.17, 15) is 0 Å². The molecule has 2 aromatic heterocycles. The predicted molar refractivity (Wildman–Crippen MR) is 103 cm³/mol. The second-order valence-electron chi connectivity index (χ2n) is 6.50. The fourth-order valence-electron chi connectivity index (χ4n) is 3.45. The van der Waals surface area contributed by atoms with Gasteiger partial charge in [-0.2, -0.15) is 0 Å². The average molecular weight is 391 g/mol. The van der Waals surface area contributed by atoms with E-state index in [0.29, 0.717) is 28.3 Å². The summed E-state index contributed by atoms with van der Waals surface area (Å²) < 4.78 is 7.90. The van der Waals surface area contributed by atoms with Gasteiger partial charge in [-0.05, 0) is 50.2 Å². The van der Waals surface area contributed by atoms with Gasteiger partial charge in [0.1, 0.15) is 12.4 Å². The molecule has 1 aliphatic heterocycles. The summed E-state index contributed by atoms with van der Waals surface area (Å²) in [6.45, 7) is 3.47. The summed E-state index contributed by atoms with van der Waals surface area (Å²) in [4.78, 5) is 2.41. The van der Waals surface area contributed by atoms with Crippen LogP contribution in [-0.2, 0) is 0 Å². The Hall–Kier alpha value is -1.82. The van der Waals surface area contributed by atoms with Crippen LogP contribution in [-0.4, -0.2) is 45.7 Å². The van der Waals surface area contributed by atoms with Gasteiger partial charge in [-0.25, -0.2) is 0 Å². The van der Waals surface area contributed by atoms with E-state index in [-0.39, 0.29) is 0 Å². The van der Waals surface area contributed by atoms with E-state index < -0.39 is 0 Å². The van der Waals surface area contributed by atoms with Gasteiger partial charge in [0.05, 0.1) is 10.0 Å². The molecule has 0 spiro atoms. The van der Waals surface area contributed by atoms with Crippen molar-refractivity contribution >= 4 is 28.8 Å². The first kappa shape index (κ1) is 17.6. The normalized spacial score (nSPS) is 16.2. The van der Waals surface area contributed by atoms with Crippen LogP contribution in [0, 0.1) is 0 Å². The summed E-state index contributed by atoms with van der Waals surface area (Å²) >= 11 is 12.3. The van der Waals surface area contributed by atoms with E-state index in [2.05, 4.69) is 19.5 Å². The number of para-hydroxylation sites is 1. The second kappa shape index (κ2) is 7.82. The van der Waals surface area contributed by atoms with Crippen molar-refractivity contribution < 1.29 is 4.74 Å². The molecule has 0 atom stereocenters. The molecule has 26 heavy (non-hydrogen) atoms. The van der Waals surface area contributed by atoms with Crippen LogP contribution in [0.3, 0.4) is 0 Å². The first-order valence-corrected chi connectivity index (χ1v) is 9.57. The Labute approximate surface area is 162 Å². The maximum atomic E-state index is 6.14. The van der Waals surface area contributed by atoms with Crippen LogP contribution in [0.4, 0.5) is 0 Å². The van der Waals surface area contributed by atoms with Gasteiger partial charge < -0.3 is 4.74 Å². The zero-order valence-corrected chi connectivity index (χ0v) is 15.8. The molecule has 5 nitrogen and oxygen atoms in total. The number of ether oxygens (including phenoxy) is 1. The van der Waals surface area contributed by atoms with Crippen LogP contribution in [0.1, 0.15) is 24.6 Å². The van der Waals surface area contributed by atoms with Gasteiger partial charge in [-0.3, -0.25) is 9.30 Å². The van der Waals surface area contributed by atoms with E-state index >= 15 is 0 Å². The highest BCUT2D eigenvalue weighted by atomic mass is 35.5. The third-order valence-electron chi connectivity index (χ3n) is 4.87. The first-order chi connectivity index (χ1) is 12.7. The van der Waals surface area contributed by atoms with E-state index in [0.717, 1.165) is 43.9 Å². The number of hydrogen-bond acceptors (Lipinski definition) is 4. The summed E-state index contributed by atoms with van der Waals surface area (Å²) in [6, 6.07) is 11.4. The Bertz CT molecular complexity index is 870. The number of aromatic nitrogens is 3. The third-order valence-corrected chi connectivity index (χ3v) is 5.46. The van der Waals surface area contributed by atoms with Gasteiger partial charge in [0, 0.05) is 18.7 Å². The summed E-state index contributed by atoms with van der Waals surface area (Å²) in [5.74, 6) is 2.09. The van der Waals surface area contributed by atoms with Crippen molar-refractivity contribution in [2.24, 2.45) is 0 Å². The fourth-order valence-corrected chi connectivity index (χ4v) is 3.96. The van der Waals surface area contributed by atoms with Crippen molar-refractivity contribution in [1.82, 2.24) is 19.5 Å². The Morgan fingerprint density at radius 1 is 1.00 bits per heavy atom. The SMILES string of the molecule is Clc1cccc(Cl)c1OCCN1CCC(c2nnc3ccccn23)CC1. The van der Waals surface area contributed by atoms with Crippen LogP contribution in [0.5, 0.6) is 5.75 Å². The van der Waals surface area contributed by atoms with Gasteiger partial charge in [0.15, 0.2) is 11.4 Å². The summed E-state index contributed by atoms with van der Waals surface area (Å²) in [7, 11) is 0. The fraction of sp³-hybridized carbons (Fsp3) is 0.368. The molecule has 3 aromatic rings. The summed E-state index contributed by atoms with van der Waals surface area (Å²) in [5.41, 5.74) is 0.912. The average Bonchev–Trinajstić information content (AvgIpc) is 3.09. The van der Waals surface area contributed by atoms with Gasteiger partial charge in [-0.1, -0.05) is 35.3 Å². The molecular weight excluding hydrogens is 371 g/mol. The van der Waals surface area contributed by atoms with Crippen molar-refractivity contribution in [1.29, 1.82) is 0 Å². The monoisotopic (exact) mass is 390 g/mol. The van der Waals surface area contributed by atoms with Gasteiger partial charge in [-0.15, -0.1) is 10.2 Å². The van der Waals surface area contributed by atoms with Gasteiger partial charge in [0.25, 0.3) is 0 Å². The molecule has 4 rings (SSSR count). The zero-order valence-electron chi connectivity index (χ0n) is 14.3. The van der Waals surface area contributed by atoms with E-state index in [1.165, 1.54) is 0 Å². The molecular formula is C19H20Cl2N4O. The number of benzene rings is 1. The molecule has 0 saturated carbocycles. The smallest absolute Gasteiger partial charge is 0.160 e. The number of fused-ring (bicyclic) bond motifs is 1. The molecule has 1 aliphatic rings. The molecule has 0 radical (unpaired) electrons. The standard InChI is InChI=1S/C19H20Cl2N4O/c20-15-4-3-5-16(21)18(15)26-13-12-24-10-7-14(8-11-24)19-23-22-17-6-1-2-9-25(17)19/h1-6,9,14H,7-8,10-13H2. The highest BCUT2D eigenvalue weighted by Gasteiger charge is 2.24. The van der Waals surface area contributed by atoms with E-state index in [1.54, 1.807) is 12.1 Å². The lowest BCUT2D eigenvalue weighted by atomic mass is 9.96. The molecule has 7 heteroatoms. The topological polar surface area (TPSA) is 42.7 Å². The van der Waals surface area contributed by atoms with Crippen molar-refractivity contribution in [3.05, 3.63) is 58.5 Å². The van der Waals surface area contributed by atoms with Crippen molar-refractivity contribution in [2.45, 2.75) is 18.8 Å². The van der Waals surface area contributed by atoms with Crippen LogP contribution in [0.2, 0.25) is 10.0 Å². The van der Waals surface area contributed by atoms with Crippen molar-refractivity contribution in [3.63, 3.8) is 0 Å². The first-order valence-electron chi connectivity index (χ1n) is 8.81. The number of piperidine rings is 1. The van der Waals surface area contributed by atoms with Crippen LogP contribution in [0.25, 0.3) is 5.65 Å². The Morgan fingerprint density at radius 3 is 2.54 bits per heavy atom. The van der Waals surface area contributed by atoms with Gasteiger partial charge >= 0.3 is 0 Å². The Morgan fingerprint density at radius 2 is 1.77 bits per heavy atom. The number of nitrogens with zero attached hydrogens (tertiary/aromatic N) is 4. The minimum Gasteiger partial charge on any atom is -0.489 e. The molecule has 0 unspecified atom stereocenters. The lowest BCUT2D eigenvalue weighted by Crippen LogP contribution is -2.36. The van der Waals surface area contributed by atoms with E-state index in [4.69, 9.17) is 27.9 Å². The summed E-state index contributed by atoms with van der Waals surface area (Å²) in [5, 5.41) is 9.77. The molecule has 1 aromatic carbocycles. The van der Waals surface area contributed by atoms with Crippen LogP contribution < -0.4 is 4.74 Å². The quantitative estimate of drug-likeness (QED) is 0.651. The Balaban J connectivity index is 1.30. The van der Waals surface area contributed by atoms with E-state index in [1.807, 2.05) is 30.5 Å². The highest BCUT2D eigenvalue weighted by molar-refractivity contribution is 6.37. The number of halogens is 2. The number of likely N-dealkylation sites (tertiary alicyclic amines) is 1. The molecule has 136 valence electrons. The second-order valence-corrected chi connectivity index (χ2v) is 7.32. The minimum absolute atomic E-state index is 0.447. The lowest BCUT2D eigenvalue weighted by molar-refractivity contribution is 0.171. The molecule has 1 saturated heterocycles. The lowest BCUT2D eigenvalue weighted by Gasteiger charge is -2.31. The number of rotatable bonds is 5. The highest BCUT2D eigenvalue weighted by Crippen LogP contribution is 2.32. The molecule has 0 bridgehead atoms. The minimum atomic E-state index is 0.447. The molecule has 0 amide bonds. The molecule has 0 aliphatic carbocycles. The maximum absolute atomic E-state index is 6.14. The molecule has 3 heterocycles. The molecule has 1 fully saturated rings. The third kappa shape index (κ3) is 3.65. The number of hydrogen-bond donors (Lipinski definition) is 0. The van der Waals surface area contributed by atoms with Gasteiger partial charge in [0.2, 0.25) is 0 Å². The molecule has 0 N–H and O–H groups in total. The largest absolute Gasteiger partial charge is 0.489 e. The number of pyridine rings is 1. The zero-order chi connectivity index (χ0) is 17.9. The predicted octanol–water partition coefficient (Wildman–Crippen LogP) is 4.29. The summed E-state index contributed by atoms with van der Waals surface area (Å²) in [6.07, 6.45) is 4.18. The Kier molecular flexibility index (Phi) is 5.29. The van der Waals surface area contributed by atoms with Crippen molar-refractivity contribution in [2.75, 3.05) is 26.2 Å². The van der Waals surface area contributed by atoms with Crippen LogP contribution >= 0.6 is 23.2 Å². The van der Waals surface area contributed by atoms with Crippen molar-refractivity contribution in [3.8, 4) is 5.75 Å². The maximum Gasteiger partial charge on any atom is 0.160 e. The van der Waals surface area contributed by atoms with Crippen LogP contribution in [0.15, 0.2) is 42.6 Å².